The number of hydrogen-bond donors (Lipinski definition) is 0. The molecule has 0 saturated carbocycles. The molecule has 4 heteroatoms. The molecule has 0 N–H and O–H groups in total. The Bertz CT molecular complexity index is 555. The van der Waals surface area contributed by atoms with Crippen LogP contribution in [0.15, 0.2) is 12.3 Å². The molecule has 2 heterocycles. The second-order valence-corrected chi connectivity index (χ2v) is 4.31. The summed E-state index contributed by atoms with van der Waals surface area (Å²) in [5.74, 6) is 0.362. The standard InChI is InChI=1S/C12H15N3O/c1-7(2)11-10-5-9(8(3)16)6-13-12(10)15(4)14-11/h5-7H,1-4H3. The third-order valence-electron chi connectivity index (χ3n) is 2.66. The summed E-state index contributed by atoms with van der Waals surface area (Å²) in [6, 6.07) is 1.88. The number of nitrogens with zero attached hydrogens (tertiary/aromatic N) is 3. The van der Waals surface area contributed by atoms with Crippen molar-refractivity contribution in [3.8, 4) is 0 Å². The van der Waals surface area contributed by atoms with Gasteiger partial charge in [-0.3, -0.25) is 9.48 Å². The van der Waals surface area contributed by atoms with Gasteiger partial charge < -0.3 is 0 Å². The summed E-state index contributed by atoms with van der Waals surface area (Å²) in [6.45, 7) is 5.72. The Balaban J connectivity index is 2.74. The van der Waals surface area contributed by atoms with E-state index < -0.39 is 0 Å². The lowest BCUT2D eigenvalue weighted by Crippen LogP contribution is -1.95. The SMILES string of the molecule is CC(=O)c1cnc2c(c1)c(C(C)C)nn2C. The van der Waals surface area contributed by atoms with E-state index in [0.717, 1.165) is 16.7 Å². The van der Waals surface area contributed by atoms with Gasteiger partial charge in [-0.2, -0.15) is 5.10 Å². The molecule has 0 aliphatic rings. The van der Waals surface area contributed by atoms with E-state index in [2.05, 4.69) is 23.9 Å². The number of carbonyl (C=O) groups is 1. The van der Waals surface area contributed by atoms with Gasteiger partial charge in [-0.05, 0) is 18.9 Å². The minimum Gasteiger partial charge on any atom is -0.294 e. The molecule has 0 unspecified atom stereocenters. The first kappa shape index (κ1) is 10.8. The number of aromatic nitrogens is 3. The van der Waals surface area contributed by atoms with Crippen LogP contribution in [-0.4, -0.2) is 20.5 Å². The summed E-state index contributed by atoms with van der Waals surface area (Å²) in [7, 11) is 1.87. The average molecular weight is 217 g/mol. The van der Waals surface area contributed by atoms with Gasteiger partial charge in [0, 0.05) is 24.2 Å². The van der Waals surface area contributed by atoms with E-state index in [1.165, 1.54) is 0 Å². The summed E-state index contributed by atoms with van der Waals surface area (Å²) in [4.78, 5) is 15.6. The molecule has 0 spiro atoms. The van der Waals surface area contributed by atoms with Crippen LogP contribution in [0, 0.1) is 0 Å². The molecule has 0 radical (unpaired) electrons. The normalized spacial score (nSPS) is 11.3. The van der Waals surface area contributed by atoms with Crippen LogP contribution in [0.3, 0.4) is 0 Å². The molecule has 0 aliphatic carbocycles. The summed E-state index contributed by atoms with van der Waals surface area (Å²) >= 11 is 0. The van der Waals surface area contributed by atoms with Crippen LogP contribution >= 0.6 is 0 Å². The van der Waals surface area contributed by atoms with Crippen molar-refractivity contribution in [1.29, 1.82) is 0 Å². The van der Waals surface area contributed by atoms with Crippen molar-refractivity contribution >= 4 is 16.8 Å². The van der Waals surface area contributed by atoms with Crippen molar-refractivity contribution in [3.05, 3.63) is 23.5 Å². The van der Waals surface area contributed by atoms with E-state index in [-0.39, 0.29) is 5.78 Å². The number of ketones is 1. The maximum absolute atomic E-state index is 11.3. The Labute approximate surface area is 94.3 Å². The van der Waals surface area contributed by atoms with E-state index in [9.17, 15) is 4.79 Å². The van der Waals surface area contributed by atoms with Crippen LogP contribution < -0.4 is 0 Å². The molecule has 0 saturated heterocycles. The highest BCUT2D eigenvalue weighted by Crippen LogP contribution is 2.23. The number of hydrogen-bond acceptors (Lipinski definition) is 3. The summed E-state index contributed by atoms with van der Waals surface area (Å²) < 4.78 is 1.76. The highest BCUT2D eigenvalue weighted by atomic mass is 16.1. The Hall–Kier alpha value is -1.71. The number of carbonyl (C=O) groups excluding carboxylic acids is 1. The zero-order chi connectivity index (χ0) is 11.9. The van der Waals surface area contributed by atoms with Crippen molar-refractivity contribution in [1.82, 2.24) is 14.8 Å². The highest BCUT2D eigenvalue weighted by Gasteiger charge is 2.14. The molecule has 0 bridgehead atoms. The number of aryl methyl sites for hydroxylation is 1. The molecule has 0 atom stereocenters. The van der Waals surface area contributed by atoms with Gasteiger partial charge in [-0.25, -0.2) is 4.98 Å². The second kappa shape index (κ2) is 3.70. The molecule has 2 rings (SSSR count). The molecule has 0 aromatic carbocycles. The summed E-state index contributed by atoms with van der Waals surface area (Å²) in [5, 5.41) is 5.41. The van der Waals surface area contributed by atoms with E-state index >= 15 is 0 Å². The van der Waals surface area contributed by atoms with Crippen molar-refractivity contribution in [2.45, 2.75) is 26.7 Å². The van der Waals surface area contributed by atoms with Crippen LogP contribution in [0.2, 0.25) is 0 Å². The van der Waals surface area contributed by atoms with Gasteiger partial charge in [0.2, 0.25) is 0 Å². The molecule has 16 heavy (non-hydrogen) atoms. The average Bonchev–Trinajstić information content (AvgIpc) is 2.56. The second-order valence-electron chi connectivity index (χ2n) is 4.31. The van der Waals surface area contributed by atoms with Gasteiger partial charge in [-0.1, -0.05) is 13.8 Å². The fourth-order valence-electron chi connectivity index (χ4n) is 1.79. The van der Waals surface area contributed by atoms with Crippen molar-refractivity contribution in [3.63, 3.8) is 0 Å². The zero-order valence-electron chi connectivity index (χ0n) is 9.98. The smallest absolute Gasteiger partial charge is 0.161 e. The van der Waals surface area contributed by atoms with Crippen LogP contribution in [0.1, 0.15) is 42.7 Å². The molecule has 0 aliphatic heterocycles. The quantitative estimate of drug-likeness (QED) is 0.725. The minimum atomic E-state index is 0.0351. The van der Waals surface area contributed by atoms with Crippen molar-refractivity contribution in [2.24, 2.45) is 7.05 Å². The number of rotatable bonds is 2. The van der Waals surface area contributed by atoms with Gasteiger partial charge in [0.1, 0.15) is 0 Å². The number of pyridine rings is 1. The van der Waals surface area contributed by atoms with Crippen LogP contribution in [0.25, 0.3) is 11.0 Å². The minimum absolute atomic E-state index is 0.0351. The topological polar surface area (TPSA) is 47.8 Å². The Morgan fingerprint density at radius 2 is 2.12 bits per heavy atom. The largest absolute Gasteiger partial charge is 0.294 e. The lowest BCUT2D eigenvalue weighted by atomic mass is 10.1. The van der Waals surface area contributed by atoms with Crippen LogP contribution in [0.5, 0.6) is 0 Å². The van der Waals surface area contributed by atoms with Crippen molar-refractivity contribution in [2.75, 3.05) is 0 Å². The first-order chi connectivity index (χ1) is 7.50. The molecular formula is C12H15N3O. The highest BCUT2D eigenvalue weighted by molar-refractivity contribution is 5.97. The molecule has 84 valence electrons. The lowest BCUT2D eigenvalue weighted by Gasteiger charge is -2.00. The van der Waals surface area contributed by atoms with Crippen LogP contribution in [0.4, 0.5) is 0 Å². The fraction of sp³-hybridized carbons (Fsp3) is 0.417. The zero-order valence-corrected chi connectivity index (χ0v) is 9.98. The first-order valence-corrected chi connectivity index (χ1v) is 5.34. The lowest BCUT2D eigenvalue weighted by molar-refractivity contribution is 0.101. The maximum Gasteiger partial charge on any atom is 0.161 e. The molecule has 2 aromatic heterocycles. The van der Waals surface area contributed by atoms with E-state index in [1.54, 1.807) is 17.8 Å². The Morgan fingerprint density at radius 3 is 2.69 bits per heavy atom. The summed E-state index contributed by atoms with van der Waals surface area (Å²) in [6.07, 6.45) is 1.61. The maximum atomic E-state index is 11.3. The molecule has 0 fully saturated rings. The van der Waals surface area contributed by atoms with E-state index in [1.807, 2.05) is 13.1 Å². The monoisotopic (exact) mass is 217 g/mol. The van der Waals surface area contributed by atoms with E-state index in [4.69, 9.17) is 0 Å². The molecule has 2 aromatic rings. The van der Waals surface area contributed by atoms with Gasteiger partial charge in [0.25, 0.3) is 0 Å². The molecular weight excluding hydrogens is 202 g/mol. The van der Waals surface area contributed by atoms with E-state index in [0.29, 0.717) is 11.5 Å². The third kappa shape index (κ3) is 1.60. The van der Waals surface area contributed by atoms with Gasteiger partial charge in [0.15, 0.2) is 11.4 Å². The number of Topliss-reactive ketones (excluding diaryl/α,β-unsaturated/α-hetero) is 1. The van der Waals surface area contributed by atoms with Crippen molar-refractivity contribution < 1.29 is 4.79 Å². The Morgan fingerprint density at radius 1 is 1.44 bits per heavy atom. The number of fused-ring (bicyclic) bond motifs is 1. The predicted molar refractivity (Wildman–Crippen MR) is 62.6 cm³/mol. The first-order valence-electron chi connectivity index (χ1n) is 5.34. The predicted octanol–water partition coefficient (Wildman–Crippen LogP) is 2.29. The Kier molecular flexibility index (Phi) is 2.50. The third-order valence-corrected chi connectivity index (χ3v) is 2.66. The van der Waals surface area contributed by atoms with Crippen LogP contribution in [-0.2, 0) is 7.05 Å². The molecule has 4 nitrogen and oxygen atoms in total. The molecule has 0 amide bonds. The van der Waals surface area contributed by atoms with Gasteiger partial charge >= 0.3 is 0 Å². The fourth-order valence-corrected chi connectivity index (χ4v) is 1.79. The summed E-state index contributed by atoms with van der Waals surface area (Å²) in [5.41, 5.74) is 2.46. The van der Waals surface area contributed by atoms with Gasteiger partial charge in [0.05, 0.1) is 5.69 Å². The van der Waals surface area contributed by atoms with Gasteiger partial charge in [-0.15, -0.1) is 0 Å².